The van der Waals surface area contributed by atoms with Crippen LogP contribution in [0, 0.1) is 0 Å². The number of nitrogens with zero attached hydrogens (tertiary/aromatic N) is 2. The molecule has 0 spiro atoms. The summed E-state index contributed by atoms with van der Waals surface area (Å²) in [6.07, 6.45) is 1.42. The van der Waals surface area contributed by atoms with Crippen LogP contribution in [-0.2, 0) is 26.3 Å². The van der Waals surface area contributed by atoms with E-state index in [9.17, 15) is 4.79 Å². The molecule has 0 saturated heterocycles. The fourth-order valence-electron chi connectivity index (χ4n) is 1.54. The molecular formula is C10H14N2O4. The van der Waals surface area contributed by atoms with Crippen molar-refractivity contribution in [3.8, 4) is 0 Å². The largest absolute Gasteiger partial charge is 0.465 e. The highest BCUT2D eigenvalue weighted by Crippen LogP contribution is 2.48. The Morgan fingerprint density at radius 2 is 2.31 bits per heavy atom. The molecular weight excluding hydrogens is 212 g/mol. The number of ether oxygens (including phenoxy) is 2. The van der Waals surface area contributed by atoms with E-state index in [-0.39, 0.29) is 12.6 Å². The number of carbonyl (C=O) groups excluding carboxylic acids is 1. The molecule has 1 heterocycles. The van der Waals surface area contributed by atoms with E-state index in [2.05, 4.69) is 10.1 Å². The second-order valence-electron chi connectivity index (χ2n) is 3.75. The van der Waals surface area contributed by atoms with Crippen LogP contribution in [-0.4, -0.2) is 29.8 Å². The normalized spacial score (nSPS) is 17.1. The minimum atomic E-state index is -0.686. The first-order chi connectivity index (χ1) is 7.73. The minimum Gasteiger partial charge on any atom is -0.465 e. The van der Waals surface area contributed by atoms with E-state index < -0.39 is 5.41 Å². The van der Waals surface area contributed by atoms with Crippen LogP contribution in [0.1, 0.15) is 31.5 Å². The Labute approximate surface area is 92.9 Å². The molecule has 0 N–H and O–H groups in total. The zero-order valence-corrected chi connectivity index (χ0v) is 9.36. The molecule has 88 valence electrons. The van der Waals surface area contributed by atoms with Crippen LogP contribution in [0.15, 0.2) is 4.52 Å². The van der Waals surface area contributed by atoms with Gasteiger partial charge >= 0.3 is 5.97 Å². The average molecular weight is 226 g/mol. The molecule has 1 aliphatic carbocycles. The van der Waals surface area contributed by atoms with Crippen molar-refractivity contribution in [2.24, 2.45) is 0 Å². The predicted molar refractivity (Wildman–Crippen MR) is 52.6 cm³/mol. The second-order valence-corrected chi connectivity index (χ2v) is 3.75. The van der Waals surface area contributed by atoms with Gasteiger partial charge in [-0.25, -0.2) is 0 Å². The van der Waals surface area contributed by atoms with E-state index in [1.807, 2.05) is 0 Å². The predicted octanol–water partition coefficient (Wildman–Crippen LogP) is 0.811. The summed E-state index contributed by atoms with van der Waals surface area (Å²) in [6.45, 7) is 2.42. The lowest BCUT2D eigenvalue weighted by atomic mass is 10.1. The smallest absolute Gasteiger partial charge is 0.321 e. The van der Waals surface area contributed by atoms with Crippen molar-refractivity contribution in [1.82, 2.24) is 10.1 Å². The molecule has 0 unspecified atom stereocenters. The van der Waals surface area contributed by atoms with Crippen molar-refractivity contribution >= 4 is 5.97 Å². The van der Waals surface area contributed by atoms with Crippen molar-refractivity contribution < 1.29 is 18.8 Å². The van der Waals surface area contributed by atoms with Crippen LogP contribution < -0.4 is 0 Å². The van der Waals surface area contributed by atoms with Crippen LogP contribution in [0.2, 0.25) is 0 Å². The van der Waals surface area contributed by atoms with Gasteiger partial charge < -0.3 is 14.0 Å². The number of rotatable bonds is 5. The summed E-state index contributed by atoms with van der Waals surface area (Å²) < 4.78 is 14.9. The van der Waals surface area contributed by atoms with Gasteiger partial charge in [0.1, 0.15) is 12.0 Å². The Balaban J connectivity index is 2.13. The van der Waals surface area contributed by atoms with Crippen LogP contribution in [0.25, 0.3) is 0 Å². The Kier molecular flexibility index (Phi) is 2.91. The van der Waals surface area contributed by atoms with E-state index in [0.29, 0.717) is 31.2 Å². The summed E-state index contributed by atoms with van der Waals surface area (Å²) in [5, 5.41) is 3.74. The van der Waals surface area contributed by atoms with Gasteiger partial charge in [-0.1, -0.05) is 5.16 Å². The summed E-state index contributed by atoms with van der Waals surface area (Å²) in [7, 11) is 1.55. The Hall–Kier alpha value is -1.43. The maximum atomic E-state index is 11.7. The first kappa shape index (κ1) is 11.1. The molecule has 1 fully saturated rings. The minimum absolute atomic E-state index is 0.275. The molecule has 1 aliphatic rings. The van der Waals surface area contributed by atoms with E-state index in [1.165, 1.54) is 0 Å². The summed E-state index contributed by atoms with van der Waals surface area (Å²) in [5.74, 6) is 0.522. The number of carbonyl (C=O) groups is 1. The van der Waals surface area contributed by atoms with E-state index >= 15 is 0 Å². The standard InChI is InChI=1S/C10H14N2O4/c1-3-15-9(13)10(4-5-10)8-11-7(6-14-2)12-16-8/h3-6H2,1-2H3. The van der Waals surface area contributed by atoms with Gasteiger partial charge in [-0.2, -0.15) is 4.98 Å². The number of esters is 1. The molecule has 0 atom stereocenters. The second kappa shape index (κ2) is 4.21. The fourth-order valence-corrected chi connectivity index (χ4v) is 1.54. The van der Waals surface area contributed by atoms with Crippen molar-refractivity contribution in [3.05, 3.63) is 11.7 Å². The fraction of sp³-hybridized carbons (Fsp3) is 0.700. The molecule has 1 aromatic rings. The topological polar surface area (TPSA) is 74.5 Å². The molecule has 0 radical (unpaired) electrons. The monoisotopic (exact) mass is 226 g/mol. The van der Waals surface area contributed by atoms with Gasteiger partial charge in [0.25, 0.3) is 0 Å². The van der Waals surface area contributed by atoms with Crippen molar-refractivity contribution in [3.63, 3.8) is 0 Å². The quantitative estimate of drug-likeness (QED) is 0.692. The third-order valence-electron chi connectivity index (χ3n) is 2.57. The Morgan fingerprint density at radius 1 is 1.56 bits per heavy atom. The highest BCUT2D eigenvalue weighted by molar-refractivity contribution is 5.85. The van der Waals surface area contributed by atoms with Crippen molar-refractivity contribution in [1.29, 1.82) is 0 Å². The molecule has 0 bridgehead atoms. The van der Waals surface area contributed by atoms with Gasteiger partial charge in [0.2, 0.25) is 5.89 Å². The maximum absolute atomic E-state index is 11.7. The molecule has 2 rings (SSSR count). The van der Waals surface area contributed by atoms with E-state index in [0.717, 1.165) is 0 Å². The summed E-state index contributed by atoms with van der Waals surface area (Å²) in [5.41, 5.74) is -0.686. The lowest BCUT2D eigenvalue weighted by Gasteiger charge is -2.07. The zero-order valence-electron chi connectivity index (χ0n) is 9.36. The lowest BCUT2D eigenvalue weighted by Crippen LogP contribution is -2.23. The summed E-state index contributed by atoms with van der Waals surface area (Å²) in [6, 6.07) is 0. The molecule has 1 saturated carbocycles. The number of aromatic nitrogens is 2. The van der Waals surface area contributed by atoms with Gasteiger partial charge in [0.15, 0.2) is 5.82 Å². The van der Waals surface area contributed by atoms with Crippen molar-refractivity contribution in [2.45, 2.75) is 31.8 Å². The highest BCUT2D eigenvalue weighted by Gasteiger charge is 2.57. The van der Waals surface area contributed by atoms with Crippen LogP contribution >= 0.6 is 0 Å². The molecule has 1 aromatic heterocycles. The lowest BCUT2D eigenvalue weighted by molar-refractivity contribution is -0.146. The molecule has 0 amide bonds. The van der Waals surface area contributed by atoms with E-state index in [1.54, 1.807) is 14.0 Å². The van der Waals surface area contributed by atoms with Crippen molar-refractivity contribution in [2.75, 3.05) is 13.7 Å². The van der Waals surface area contributed by atoms with Gasteiger partial charge in [-0.3, -0.25) is 4.79 Å². The number of hydrogen-bond donors (Lipinski definition) is 0. The van der Waals surface area contributed by atoms with Crippen LogP contribution in [0.4, 0.5) is 0 Å². The average Bonchev–Trinajstić information content (AvgIpc) is 2.95. The molecule has 6 heteroatoms. The molecule has 6 nitrogen and oxygen atoms in total. The van der Waals surface area contributed by atoms with Crippen LogP contribution in [0.3, 0.4) is 0 Å². The zero-order chi connectivity index (χ0) is 11.6. The van der Waals surface area contributed by atoms with Crippen LogP contribution in [0.5, 0.6) is 0 Å². The van der Waals surface area contributed by atoms with Gasteiger partial charge in [-0.15, -0.1) is 0 Å². The summed E-state index contributed by atoms with van der Waals surface area (Å²) in [4.78, 5) is 15.8. The Bertz CT molecular complexity index is 384. The third-order valence-corrected chi connectivity index (χ3v) is 2.57. The maximum Gasteiger partial charge on any atom is 0.321 e. The van der Waals surface area contributed by atoms with Gasteiger partial charge in [0.05, 0.1) is 6.61 Å². The third kappa shape index (κ3) is 1.80. The van der Waals surface area contributed by atoms with Gasteiger partial charge in [-0.05, 0) is 19.8 Å². The molecule has 16 heavy (non-hydrogen) atoms. The molecule has 0 aromatic carbocycles. The summed E-state index contributed by atoms with van der Waals surface area (Å²) >= 11 is 0. The van der Waals surface area contributed by atoms with E-state index in [4.69, 9.17) is 14.0 Å². The van der Waals surface area contributed by atoms with Gasteiger partial charge in [0, 0.05) is 7.11 Å². The first-order valence-corrected chi connectivity index (χ1v) is 5.22. The molecule has 0 aliphatic heterocycles. The first-order valence-electron chi connectivity index (χ1n) is 5.22. The Morgan fingerprint density at radius 3 is 2.88 bits per heavy atom. The number of hydrogen-bond acceptors (Lipinski definition) is 6. The SMILES string of the molecule is CCOC(=O)C1(c2nc(COC)no2)CC1. The number of methoxy groups -OCH3 is 1. The highest BCUT2D eigenvalue weighted by atomic mass is 16.5.